The monoisotopic (exact) mass is 342 g/mol. The number of rotatable bonds is 4. The molecule has 0 unspecified atom stereocenters. The van der Waals surface area contributed by atoms with Crippen LogP contribution in [0.5, 0.6) is 0 Å². The molecule has 2 bridgehead atoms. The zero-order valence-corrected chi connectivity index (χ0v) is 14.3. The first-order valence-corrected chi connectivity index (χ1v) is 8.77. The van der Waals surface area contributed by atoms with E-state index < -0.39 is 34.7 Å². The number of esters is 2. The number of aliphatic hydroxyl groups excluding tert-OH is 1. The lowest BCUT2D eigenvalue weighted by atomic mass is 9.49. The Hall–Kier alpha value is -1.18. The number of carbonyl (C=O) groups excluding carboxylic acids is 2. The summed E-state index contributed by atoms with van der Waals surface area (Å²) in [7, 11) is 0. The minimum atomic E-state index is -1.22. The first-order valence-electron chi connectivity index (χ1n) is 8.77. The first kappa shape index (κ1) is 17.6. The van der Waals surface area contributed by atoms with Crippen LogP contribution in [-0.2, 0) is 28.5 Å². The fourth-order valence-electron chi connectivity index (χ4n) is 4.52. The summed E-state index contributed by atoms with van der Waals surface area (Å²) in [5, 5.41) is 10.7. The Bertz CT molecular complexity index is 513. The van der Waals surface area contributed by atoms with Crippen LogP contribution in [0.4, 0.5) is 0 Å². The SMILES string of the molecule is CCOC(=O)[C@@]12CC[C@@](C(=O)OCC)(C[C@@H]1O)C1(C2)OCCCO1. The highest BCUT2D eigenvalue weighted by Gasteiger charge is 2.74. The van der Waals surface area contributed by atoms with Crippen LogP contribution < -0.4 is 0 Å². The molecule has 3 saturated carbocycles. The molecule has 4 aliphatic rings. The molecular weight excluding hydrogens is 316 g/mol. The number of hydrogen-bond donors (Lipinski definition) is 1. The van der Waals surface area contributed by atoms with Crippen LogP contribution in [0.3, 0.4) is 0 Å². The van der Waals surface area contributed by atoms with Gasteiger partial charge in [-0.2, -0.15) is 0 Å². The molecule has 4 fully saturated rings. The lowest BCUT2D eigenvalue weighted by Crippen LogP contribution is -2.72. The summed E-state index contributed by atoms with van der Waals surface area (Å²) in [6.45, 7) is 4.88. The van der Waals surface area contributed by atoms with Crippen molar-refractivity contribution in [2.24, 2.45) is 10.8 Å². The second kappa shape index (κ2) is 6.28. The molecule has 7 heteroatoms. The first-order chi connectivity index (χ1) is 11.5. The van der Waals surface area contributed by atoms with Crippen molar-refractivity contribution in [2.45, 2.75) is 57.8 Å². The van der Waals surface area contributed by atoms with Crippen molar-refractivity contribution in [2.75, 3.05) is 26.4 Å². The number of aliphatic hydroxyl groups is 1. The molecule has 1 heterocycles. The van der Waals surface area contributed by atoms with Crippen LogP contribution in [0.1, 0.15) is 46.0 Å². The smallest absolute Gasteiger partial charge is 0.317 e. The number of hydrogen-bond acceptors (Lipinski definition) is 7. The van der Waals surface area contributed by atoms with E-state index in [0.29, 0.717) is 26.1 Å². The Morgan fingerprint density at radius 3 is 2.29 bits per heavy atom. The zero-order chi connectivity index (χ0) is 17.4. The molecule has 4 rings (SSSR count). The van der Waals surface area contributed by atoms with Crippen molar-refractivity contribution in [3.8, 4) is 0 Å². The standard InChI is InChI=1S/C17H26O7/c1-3-21-13(19)15-6-7-16(10-12(15)18,14(20)22-4-2)17(11-15)23-8-5-9-24-17/h12,18H,3-11H2,1-2H3/t12-,15+,16-/m0/s1. The predicted molar refractivity (Wildman–Crippen MR) is 81.9 cm³/mol. The summed E-state index contributed by atoms with van der Waals surface area (Å²) in [6.07, 6.45) is 0.704. The molecule has 0 aromatic carbocycles. The van der Waals surface area contributed by atoms with Crippen LogP contribution in [0.25, 0.3) is 0 Å². The molecule has 0 aromatic rings. The molecule has 1 saturated heterocycles. The highest BCUT2D eigenvalue weighted by atomic mass is 16.7. The quantitative estimate of drug-likeness (QED) is 0.767. The van der Waals surface area contributed by atoms with Crippen molar-refractivity contribution in [3.05, 3.63) is 0 Å². The number of ether oxygens (including phenoxy) is 4. The third-order valence-electron chi connectivity index (χ3n) is 5.76. The Morgan fingerprint density at radius 1 is 1.08 bits per heavy atom. The van der Waals surface area contributed by atoms with E-state index in [1.807, 2.05) is 0 Å². The maximum Gasteiger partial charge on any atom is 0.317 e. The van der Waals surface area contributed by atoms with Gasteiger partial charge in [0.15, 0.2) is 5.79 Å². The van der Waals surface area contributed by atoms with E-state index in [1.54, 1.807) is 13.8 Å². The normalized spacial score (nSPS) is 37.2. The molecule has 0 radical (unpaired) electrons. The van der Waals surface area contributed by atoms with Crippen molar-refractivity contribution >= 4 is 11.9 Å². The van der Waals surface area contributed by atoms with Gasteiger partial charge in [0.05, 0.1) is 37.9 Å². The van der Waals surface area contributed by atoms with E-state index in [1.165, 1.54) is 0 Å². The second-order valence-electron chi connectivity index (χ2n) is 6.88. The van der Waals surface area contributed by atoms with E-state index >= 15 is 0 Å². The maximum atomic E-state index is 12.8. The van der Waals surface area contributed by atoms with Crippen molar-refractivity contribution in [1.82, 2.24) is 0 Å². The summed E-state index contributed by atoms with van der Waals surface area (Å²) in [5.74, 6) is -2.07. The fraction of sp³-hybridized carbons (Fsp3) is 0.882. The zero-order valence-electron chi connectivity index (χ0n) is 14.3. The molecule has 0 amide bonds. The molecule has 3 atom stereocenters. The van der Waals surface area contributed by atoms with E-state index in [2.05, 4.69) is 0 Å². The molecule has 24 heavy (non-hydrogen) atoms. The van der Waals surface area contributed by atoms with Crippen molar-refractivity contribution < 1.29 is 33.6 Å². The molecule has 1 N–H and O–H groups in total. The molecule has 1 aliphatic heterocycles. The van der Waals surface area contributed by atoms with Gasteiger partial charge in [0, 0.05) is 6.42 Å². The average molecular weight is 342 g/mol. The Kier molecular flexibility index (Phi) is 4.61. The van der Waals surface area contributed by atoms with Gasteiger partial charge in [-0.3, -0.25) is 9.59 Å². The lowest BCUT2D eigenvalue weighted by molar-refractivity contribution is -0.371. The third-order valence-corrected chi connectivity index (χ3v) is 5.76. The van der Waals surface area contributed by atoms with Gasteiger partial charge in [0.25, 0.3) is 0 Å². The topological polar surface area (TPSA) is 91.3 Å². The highest BCUT2D eigenvalue weighted by molar-refractivity contribution is 5.84. The van der Waals surface area contributed by atoms with E-state index in [4.69, 9.17) is 18.9 Å². The van der Waals surface area contributed by atoms with Crippen LogP contribution in [0.2, 0.25) is 0 Å². The largest absolute Gasteiger partial charge is 0.465 e. The minimum absolute atomic E-state index is 0.0879. The molecule has 7 nitrogen and oxygen atoms in total. The maximum absolute atomic E-state index is 12.8. The summed E-state index contributed by atoms with van der Waals surface area (Å²) in [6, 6.07) is 0. The average Bonchev–Trinajstić information content (AvgIpc) is 2.57. The summed E-state index contributed by atoms with van der Waals surface area (Å²) in [4.78, 5) is 25.4. The fourth-order valence-corrected chi connectivity index (χ4v) is 4.52. The highest BCUT2D eigenvalue weighted by Crippen LogP contribution is 2.64. The van der Waals surface area contributed by atoms with Crippen LogP contribution >= 0.6 is 0 Å². The van der Waals surface area contributed by atoms with Gasteiger partial charge in [0.2, 0.25) is 0 Å². The Labute approximate surface area is 141 Å². The second-order valence-corrected chi connectivity index (χ2v) is 6.88. The molecule has 0 aromatic heterocycles. The summed E-state index contributed by atoms with van der Waals surface area (Å²) < 4.78 is 22.5. The Balaban J connectivity index is 2.01. The van der Waals surface area contributed by atoms with Gasteiger partial charge in [-0.1, -0.05) is 0 Å². The van der Waals surface area contributed by atoms with Crippen LogP contribution in [0, 0.1) is 10.8 Å². The minimum Gasteiger partial charge on any atom is -0.465 e. The van der Waals surface area contributed by atoms with Gasteiger partial charge in [-0.05, 0) is 39.5 Å². The van der Waals surface area contributed by atoms with Crippen LogP contribution in [0.15, 0.2) is 0 Å². The van der Waals surface area contributed by atoms with E-state index in [-0.39, 0.29) is 26.1 Å². The summed E-state index contributed by atoms with van der Waals surface area (Å²) >= 11 is 0. The van der Waals surface area contributed by atoms with Gasteiger partial charge in [0.1, 0.15) is 5.41 Å². The summed E-state index contributed by atoms with van der Waals surface area (Å²) in [5.41, 5.74) is -2.15. The molecule has 3 aliphatic carbocycles. The molecule has 1 spiro atoms. The molecular formula is C17H26O7. The van der Waals surface area contributed by atoms with E-state index in [9.17, 15) is 14.7 Å². The molecule has 136 valence electrons. The van der Waals surface area contributed by atoms with Gasteiger partial charge in [-0.25, -0.2) is 0 Å². The van der Waals surface area contributed by atoms with Crippen LogP contribution in [-0.4, -0.2) is 55.4 Å². The van der Waals surface area contributed by atoms with Gasteiger partial charge < -0.3 is 24.1 Å². The third kappa shape index (κ3) is 2.29. The Morgan fingerprint density at radius 2 is 1.71 bits per heavy atom. The lowest BCUT2D eigenvalue weighted by Gasteiger charge is -2.62. The van der Waals surface area contributed by atoms with Crippen molar-refractivity contribution in [3.63, 3.8) is 0 Å². The number of carbonyl (C=O) groups is 2. The van der Waals surface area contributed by atoms with E-state index in [0.717, 1.165) is 6.42 Å². The predicted octanol–water partition coefficient (Wildman–Crippen LogP) is 1.17. The van der Waals surface area contributed by atoms with Crippen molar-refractivity contribution in [1.29, 1.82) is 0 Å². The number of fused-ring (bicyclic) bond motifs is 2. The van der Waals surface area contributed by atoms with Gasteiger partial charge >= 0.3 is 11.9 Å². The van der Waals surface area contributed by atoms with Gasteiger partial charge in [-0.15, -0.1) is 0 Å².